The molecule has 0 heterocycles. The lowest BCUT2D eigenvalue weighted by atomic mass is 10.1. The number of benzene rings is 2. The van der Waals surface area contributed by atoms with Gasteiger partial charge in [-0.2, -0.15) is 5.26 Å². The zero-order valence-corrected chi connectivity index (χ0v) is 13.0. The minimum atomic E-state index is 0.736. The molecule has 2 nitrogen and oxygen atoms in total. The van der Waals surface area contributed by atoms with Crippen LogP contribution in [0, 0.1) is 18.3 Å². The van der Waals surface area contributed by atoms with E-state index in [9.17, 15) is 0 Å². The summed E-state index contributed by atoms with van der Waals surface area (Å²) in [6.07, 6.45) is 2.42. The first kappa shape index (κ1) is 16.9. The van der Waals surface area contributed by atoms with Crippen molar-refractivity contribution in [2.24, 2.45) is 0 Å². The van der Waals surface area contributed by atoms with Gasteiger partial charge in [0.2, 0.25) is 0 Å². The minimum Gasteiger partial charge on any atom is -0.313 e. The highest BCUT2D eigenvalue weighted by Crippen LogP contribution is 2.03. The van der Waals surface area contributed by atoms with Gasteiger partial charge in [0.15, 0.2) is 0 Å². The normalized spacial score (nSPS) is 9.38. The first-order valence-electron chi connectivity index (χ1n) is 7.47. The molecule has 0 aliphatic heterocycles. The molecule has 0 amide bonds. The summed E-state index contributed by atoms with van der Waals surface area (Å²) in [6, 6.07) is 20.1. The highest BCUT2D eigenvalue weighted by atomic mass is 14.8. The highest BCUT2D eigenvalue weighted by molar-refractivity contribution is 5.32. The summed E-state index contributed by atoms with van der Waals surface area (Å²) in [5.41, 5.74) is 3.24. The molecular formula is C19H24N2. The van der Waals surface area contributed by atoms with E-state index in [1.807, 2.05) is 42.5 Å². The molecule has 2 heteroatoms. The molecule has 0 unspecified atom stereocenters. The summed E-state index contributed by atoms with van der Waals surface area (Å²) < 4.78 is 0. The van der Waals surface area contributed by atoms with E-state index in [1.165, 1.54) is 24.0 Å². The van der Waals surface area contributed by atoms with Crippen LogP contribution in [-0.2, 0) is 6.54 Å². The van der Waals surface area contributed by atoms with Gasteiger partial charge < -0.3 is 5.32 Å². The fourth-order valence-electron chi connectivity index (χ4n) is 1.82. The molecule has 0 atom stereocenters. The van der Waals surface area contributed by atoms with Crippen LogP contribution >= 0.6 is 0 Å². The smallest absolute Gasteiger partial charge is 0.0991 e. The molecule has 0 spiro atoms. The van der Waals surface area contributed by atoms with Crippen molar-refractivity contribution in [2.75, 3.05) is 6.54 Å². The van der Waals surface area contributed by atoms with Crippen molar-refractivity contribution in [1.82, 2.24) is 5.32 Å². The van der Waals surface area contributed by atoms with E-state index >= 15 is 0 Å². The summed E-state index contributed by atoms with van der Waals surface area (Å²) in [4.78, 5) is 0. The molecule has 0 aromatic heterocycles. The van der Waals surface area contributed by atoms with E-state index in [2.05, 4.69) is 37.4 Å². The number of hydrogen-bond donors (Lipinski definition) is 1. The first-order valence-corrected chi connectivity index (χ1v) is 7.47. The van der Waals surface area contributed by atoms with Crippen LogP contribution in [0.1, 0.15) is 36.5 Å². The number of hydrogen-bond acceptors (Lipinski definition) is 2. The summed E-state index contributed by atoms with van der Waals surface area (Å²) in [5, 5.41) is 12.0. The Morgan fingerprint density at radius 3 is 2.38 bits per heavy atom. The Morgan fingerprint density at radius 2 is 1.81 bits per heavy atom. The van der Waals surface area contributed by atoms with Gasteiger partial charge in [0.1, 0.15) is 0 Å². The number of aryl methyl sites for hydroxylation is 1. The molecule has 0 fully saturated rings. The number of nitrogens with zero attached hydrogens (tertiary/aromatic N) is 1. The van der Waals surface area contributed by atoms with Crippen LogP contribution in [0.4, 0.5) is 0 Å². The van der Waals surface area contributed by atoms with Crippen LogP contribution in [0.5, 0.6) is 0 Å². The largest absolute Gasteiger partial charge is 0.313 e. The third-order valence-electron chi connectivity index (χ3n) is 3.03. The van der Waals surface area contributed by atoms with Crippen molar-refractivity contribution >= 4 is 0 Å². The van der Waals surface area contributed by atoms with Crippen molar-refractivity contribution < 1.29 is 0 Å². The van der Waals surface area contributed by atoms with Crippen molar-refractivity contribution in [3.63, 3.8) is 0 Å². The molecule has 0 saturated carbocycles. The van der Waals surface area contributed by atoms with Gasteiger partial charge in [-0.3, -0.25) is 0 Å². The van der Waals surface area contributed by atoms with Gasteiger partial charge in [-0.05, 0) is 37.6 Å². The van der Waals surface area contributed by atoms with E-state index in [-0.39, 0.29) is 0 Å². The lowest BCUT2D eigenvalue weighted by Gasteiger charge is -2.03. The maximum Gasteiger partial charge on any atom is 0.0991 e. The zero-order valence-electron chi connectivity index (χ0n) is 13.0. The number of unbranched alkanes of at least 4 members (excludes halogenated alkanes) is 1. The first-order chi connectivity index (χ1) is 10.3. The molecule has 2 rings (SSSR count). The van der Waals surface area contributed by atoms with Crippen molar-refractivity contribution in [3.8, 4) is 6.07 Å². The third kappa shape index (κ3) is 7.91. The maximum absolute atomic E-state index is 8.70. The highest BCUT2D eigenvalue weighted by Gasteiger charge is 1.94. The monoisotopic (exact) mass is 280 g/mol. The lowest BCUT2D eigenvalue weighted by molar-refractivity contribution is 0.641. The summed E-state index contributed by atoms with van der Waals surface area (Å²) >= 11 is 0. The Labute approximate surface area is 128 Å². The van der Waals surface area contributed by atoms with Crippen molar-refractivity contribution in [2.45, 2.75) is 33.2 Å². The summed E-state index contributed by atoms with van der Waals surface area (Å²) in [6.45, 7) is 6.17. The Kier molecular flexibility index (Phi) is 8.59. The maximum atomic E-state index is 8.70. The molecule has 21 heavy (non-hydrogen) atoms. The van der Waals surface area contributed by atoms with E-state index < -0.39 is 0 Å². The van der Waals surface area contributed by atoms with Crippen LogP contribution in [0.3, 0.4) is 0 Å². The van der Waals surface area contributed by atoms with Gasteiger partial charge in [-0.1, -0.05) is 61.4 Å². The van der Waals surface area contributed by atoms with Crippen LogP contribution in [0.15, 0.2) is 54.6 Å². The average Bonchev–Trinajstić information content (AvgIpc) is 2.53. The van der Waals surface area contributed by atoms with Gasteiger partial charge in [0.25, 0.3) is 0 Å². The second-order valence-corrected chi connectivity index (χ2v) is 5.00. The molecule has 0 radical (unpaired) electrons. The third-order valence-corrected chi connectivity index (χ3v) is 3.03. The summed E-state index contributed by atoms with van der Waals surface area (Å²) in [7, 11) is 0. The zero-order chi connectivity index (χ0) is 15.3. The van der Waals surface area contributed by atoms with Gasteiger partial charge >= 0.3 is 0 Å². The van der Waals surface area contributed by atoms with Gasteiger partial charge in [0, 0.05) is 6.54 Å². The van der Waals surface area contributed by atoms with Gasteiger partial charge in [0.05, 0.1) is 11.6 Å². The summed E-state index contributed by atoms with van der Waals surface area (Å²) in [5.74, 6) is 0. The standard InChI is InChI=1S/C12H16N2.C7H8/c1-2-3-7-14-10-12-6-4-5-11(8-12)9-13;1-7-5-3-2-4-6-7/h4-6,8,14H,2-3,7,10H2,1H3;2-6H,1H3. The van der Waals surface area contributed by atoms with Crippen LogP contribution in [0.25, 0.3) is 0 Å². The molecule has 0 aliphatic carbocycles. The molecule has 110 valence electrons. The molecule has 1 N–H and O–H groups in total. The quantitative estimate of drug-likeness (QED) is 0.822. The molecule has 0 saturated heterocycles. The predicted molar refractivity (Wildman–Crippen MR) is 89.0 cm³/mol. The van der Waals surface area contributed by atoms with Crippen LogP contribution < -0.4 is 5.32 Å². The van der Waals surface area contributed by atoms with Crippen LogP contribution in [0.2, 0.25) is 0 Å². The second-order valence-electron chi connectivity index (χ2n) is 5.00. The van der Waals surface area contributed by atoms with E-state index in [4.69, 9.17) is 5.26 Å². The Morgan fingerprint density at radius 1 is 1.05 bits per heavy atom. The Balaban J connectivity index is 0.000000262. The van der Waals surface area contributed by atoms with Crippen molar-refractivity contribution in [3.05, 3.63) is 71.3 Å². The minimum absolute atomic E-state index is 0.736. The molecular weight excluding hydrogens is 256 g/mol. The number of rotatable bonds is 5. The Hall–Kier alpha value is -2.11. The van der Waals surface area contributed by atoms with Gasteiger partial charge in [-0.15, -0.1) is 0 Å². The van der Waals surface area contributed by atoms with E-state index in [1.54, 1.807) is 0 Å². The van der Waals surface area contributed by atoms with Crippen molar-refractivity contribution in [1.29, 1.82) is 5.26 Å². The SMILES string of the molecule is CCCCNCc1cccc(C#N)c1.Cc1ccccc1. The van der Waals surface area contributed by atoms with E-state index in [0.717, 1.165) is 18.7 Å². The Bertz CT molecular complexity index is 541. The van der Waals surface area contributed by atoms with Crippen LogP contribution in [-0.4, -0.2) is 6.54 Å². The molecule has 2 aromatic carbocycles. The number of nitrogens with one attached hydrogen (secondary N) is 1. The fourth-order valence-corrected chi connectivity index (χ4v) is 1.82. The number of nitriles is 1. The molecule has 0 aliphatic rings. The second kappa shape index (κ2) is 10.7. The van der Waals surface area contributed by atoms with E-state index in [0.29, 0.717) is 0 Å². The fraction of sp³-hybridized carbons (Fsp3) is 0.316. The molecule has 2 aromatic rings. The van der Waals surface area contributed by atoms with Gasteiger partial charge in [-0.25, -0.2) is 0 Å². The average molecular weight is 280 g/mol. The lowest BCUT2D eigenvalue weighted by Crippen LogP contribution is -2.14. The topological polar surface area (TPSA) is 35.8 Å². The molecule has 0 bridgehead atoms. The predicted octanol–water partition coefficient (Wildman–Crippen LogP) is 4.44.